The fraction of sp³-hybridized carbons (Fsp3) is 0.263. The molecule has 0 fully saturated rings. The largest absolute Gasteiger partial charge is 0.338 e. The van der Waals surface area contributed by atoms with Crippen molar-refractivity contribution in [2.24, 2.45) is 0 Å². The highest BCUT2D eigenvalue weighted by molar-refractivity contribution is 7.98. The molecular formula is C19H19N5O2S2. The van der Waals surface area contributed by atoms with Crippen LogP contribution in [0.1, 0.15) is 17.9 Å². The standard InChI is InChI=1S/C19H19N5O2S2/c1-23(11-15-21-14-5-9-28-18(14)19(26)22-15)17(25)6-8-27-12-13-10-24-7-3-2-4-16(24)20-13/h2-5,7,9-10H,6,8,11-12H2,1H3,(H,21,22,26). The van der Waals surface area contributed by atoms with E-state index in [1.54, 1.807) is 23.7 Å². The van der Waals surface area contributed by atoms with Crippen molar-refractivity contribution >= 4 is 44.9 Å². The summed E-state index contributed by atoms with van der Waals surface area (Å²) < 4.78 is 2.61. The van der Waals surface area contributed by atoms with Gasteiger partial charge in [0.05, 0.1) is 17.8 Å². The fourth-order valence-electron chi connectivity index (χ4n) is 2.89. The van der Waals surface area contributed by atoms with Gasteiger partial charge in [-0.25, -0.2) is 9.97 Å². The zero-order chi connectivity index (χ0) is 19.5. The van der Waals surface area contributed by atoms with E-state index in [4.69, 9.17) is 0 Å². The van der Waals surface area contributed by atoms with Crippen LogP contribution in [0.3, 0.4) is 0 Å². The Balaban J connectivity index is 1.27. The van der Waals surface area contributed by atoms with Crippen molar-refractivity contribution in [2.75, 3.05) is 12.8 Å². The Morgan fingerprint density at radius 2 is 2.21 bits per heavy atom. The molecule has 0 aromatic carbocycles. The molecule has 0 aliphatic rings. The van der Waals surface area contributed by atoms with Crippen molar-refractivity contribution in [2.45, 2.75) is 18.7 Å². The van der Waals surface area contributed by atoms with Gasteiger partial charge >= 0.3 is 0 Å². The smallest absolute Gasteiger partial charge is 0.268 e. The molecule has 0 aliphatic heterocycles. The van der Waals surface area contributed by atoms with Crippen LogP contribution in [0.5, 0.6) is 0 Å². The highest BCUT2D eigenvalue weighted by Gasteiger charge is 2.12. The molecular weight excluding hydrogens is 394 g/mol. The van der Waals surface area contributed by atoms with E-state index in [0.29, 0.717) is 28.2 Å². The van der Waals surface area contributed by atoms with Crippen LogP contribution in [0.4, 0.5) is 0 Å². The Kier molecular flexibility index (Phi) is 5.45. The Hall–Kier alpha value is -2.65. The Labute approximate surface area is 169 Å². The number of rotatable bonds is 7. The van der Waals surface area contributed by atoms with E-state index in [1.807, 2.05) is 46.4 Å². The van der Waals surface area contributed by atoms with Crippen molar-refractivity contribution in [1.29, 1.82) is 0 Å². The van der Waals surface area contributed by atoms with Gasteiger partial charge in [-0.15, -0.1) is 11.3 Å². The maximum absolute atomic E-state index is 12.4. The lowest BCUT2D eigenvalue weighted by molar-refractivity contribution is -0.130. The molecule has 0 saturated heterocycles. The first-order chi connectivity index (χ1) is 13.6. The van der Waals surface area contributed by atoms with Crippen LogP contribution in [0.15, 0.2) is 46.8 Å². The minimum atomic E-state index is -0.154. The van der Waals surface area contributed by atoms with E-state index in [1.165, 1.54) is 11.3 Å². The molecule has 4 rings (SSSR count). The third-order valence-corrected chi connectivity index (χ3v) is 6.20. The molecule has 0 spiro atoms. The number of carbonyl (C=O) groups excluding carboxylic acids is 1. The highest BCUT2D eigenvalue weighted by atomic mass is 32.2. The molecule has 4 aromatic heterocycles. The third kappa shape index (κ3) is 4.10. The maximum atomic E-state index is 12.4. The van der Waals surface area contributed by atoms with Gasteiger partial charge in [0.25, 0.3) is 5.56 Å². The highest BCUT2D eigenvalue weighted by Crippen LogP contribution is 2.16. The number of imidazole rings is 1. The number of thiophene rings is 1. The van der Waals surface area contributed by atoms with Crippen LogP contribution in [-0.4, -0.2) is 43.0 Å². The molecule has 4 heterocycles. The number of nitrogens with zero attached hydrogens (tertiary/aromatic N) is 4. The summed E-state index contributed by atoms with van der Waals surface area (Å²) in [5, 5.41) is 1.84. The van der Waals surface area contributed by atoms with Gasteiger partial charge < -0.3 is 14.3 Å². The van der Waals surface area contributed by atoms with Crippen molar-refractivity contribution < 1.29 is 4.79 Å². The number of thioether (sulfide) groups is 1. The molecule has 28 heavy (non-hydrogen) atoms. The van der Waals surface area contributed by atoms with Gasteiger partial charge in [0, 0.05) is 37.4 Å². The zero-order valence-corrected chi connectivity index (χ0v) is 16.9. The molecule has 7 nitrogen and oxygen atoms in total. The van der Waals surface area contributed by atoms with Gasteiger partial charge in [-0.1, -0.05) is 6.07 Å². The normalized spacial score (nSPS) is 11.3. The van der Waals surface area contributed by atoms with Crippen molar-refractivity contribution in [3.8, 4) is 0 Å². The topological polar surface area (TPSA) is 83.4 Å². The fourth-order valence-corrected chi connectivity index (χ4v) is 4.43. The molecule has 1 amide bonds. The van der Waals surface area contributed by atoms with Gasteiger partial charge in [0.15, 0.2) is 0 Å². The average molecular weight is 414 g/mol. The quantitative estimate of drug-likeness (QED) is 0.471. The van der Waals surface area contributed by atoms with Crippen molar-refractivity contribution in [1.82, 2.24) is 24.3 Å². The first-order valence-electron chi connectivity index (χ1n) is 8.81. The summed E-state index contributed by atoms with van der Waals surface area (Å²) in [6.45, 7) is 0.289. The summed E-state index contributed by atoms with van der Waals surface area (Å²) in [5.74, 6) is 2.01. The monoisotopic (exact) mass is 413 g/mol. The molecule has 0 unspecified atom stereocenters. The number of hydrogen-bond donors (Lipinski definition) is 1. The Morgan fingerprint density at radius 1 is 1.32 bits per heavy atom. The first-order valence-corrected chi connectivity index (χ1v) is 10.8. The van der Waals surface area contributed by atoms with Gasteiger partial charge in [-0.05, 0) is 23.6 Å². The SMILES string of the molecule is CN(Cc1nc2ccsc2c(=O)[nH]1)C(=O)CCSCc1cn2ccccc2n1. The van der Waals surface area contributed by atoms with E-state index < -0.39 is 0 Å². The van der Waals surface area contributed by atoms with Crippen LogP contribution >= 0.6 is 23.1 Å². The summed E-state index contributed by atoms with van der Waals surface area (Å²) in [7, 11) is 1.73. The van der Waals surface area contributed by atoms with E-state index in [2.05, 4.69) is 15.0 Å². The minimum Gasteiger partial charge on any atom is -0.338 e. The number of nitrogens with one attached hydrogen (secondary N) is 1. The molecule has 4 aromatic rings. The predicted octanol–water partition coefficient (Wildman–Crippen LogP) is 2.91. The molecule has 0 bridgehead atoms. The second-order valence-corrected chi connectivity index (χ2v) is 8.42. The number of aromatic nitrogens is 4. The summed E-state index contributed by atoms with van der Waals surface area (Å²) in [6, 6.07) is 7.72. The van der Waals surface area contributed by atoms with Crippen molar-refractivity contribution in [3.63, 3.8) is 0 Å². The van der Waals surface area contributed by atoms with E-state index >= 15 is 0 Å². The van der Waals surface area contributed by atoms with E-state index in [9.17, 15) is 9.59 Å². The number of aromatic amines is 1. The lowest BCUT2D eigenvalue weighted by Gasteiger charge is -2.16. The molecule has 144 valence electrons. The molecule has 0 saturated carbocycles. The van der Waals surface area contributed by atoms with E-state index in [-0.39, 0.29) is 18.0 Å². The zero-order valence-electron chi connectivity index (χ0n) is 15.3. The average Bonchev–Trinajstić information content (AvgIpc) is 3.31. The molecule has 0 aliphatic carbocycles. The number of hydrogen-bond acceptors (Lipinski definition) is 6. The summed E-state index contributed by atoms with van der Waals surface area (Å²) >= 11 is 3.05. The number of fused-ring (bicyclic) bond motifs is 2. The van der Waals surface area contributed by atoms with Crippen LogP contribution in [0.2, 0.25) is 0 Å². The number of carbonyl (C=O) groups is 1. The second kappa shape index (κ2) is 8.15. The maximum Gasteiger partial charge on any atom is 0.268 e. The lowest BCUT2D eigenvalue weighted by atomic mass is 10.4. The first kappa shape index (κ1) is 18.7. The number of H-pyrrole nitrogens is 1. The molecule has 0 radical (unpaired) electrons. The molecule has 1 N–H and O–H groups in total. The van der Waals surface area contributed by atoms with Crippen LogP contribution in [-0.2, 0) is 17.1 Å². The van der Waals surface area contributed by atoms with Crippen molar-refractivity contribution in [3.05, 3.63) is 63.9 Å². The van der Waals surface area contributed by atoms with Gasteiger partial charge in [0.2, 0.25) is 5.91 Å². The number of amides is 1. The van der Waals surface area contributed by atoms with Crippen LogP contribution < -0.4 is 5.56 Å². The molecule has 9 heteroatoms. The van der Waals surface area contributed by atoms with Gasteiger partial charge in [-0.3, -0.25) is 9.59 Å². The predicted molar refractivity (Wildman–Crippen MR) is 113 cm³/mol. The summed E-state index contributed by atoms with van der Waals surface area (Å²) in [6.07, 6.45) is 4.42. The number of pyridine rings is 1. The van der Waals surface area contributed by atoms with Crippen LogP contribution in [0, 0.1) is 0 Å². The lowest BCUT2D eigenvalue weighted by Crippen LogP contribution is -2.28. The molecule has 0 atom stereocenters. The third-order valence-electron chi connectivity index (χ3n) is 4.30. The van der Waals surface area contributed by atoms with E-state index in [0.717, 1.165) is 17.1 Å². The Bertz CT molecular complexity index is 1150. The van der Waals surface area contributed by atoms with Gasteiger partial charge in [0.1, 0.15) is 16.2 Å². The minimum absolute atomic E-state index is 0.0237. The summed E-state index contributed by atoms with van der Waals surface area (Å²) in [5.41, 5.74) is 2.45. The Morgan fingerprint density at radius 3 is 3.07 bits per heavy atom. The second-order valence-electron chi connectivity index (χ2n) is 6.40. The van der Waals surface area contributed by atoms with Gasteiger partial charge in [-0.2, -0.15) is 11.8 Å². The van der Waals surface area contributed by atoms with Crippen LogP contribution in [0.25, 0.3) is 15.9 Å². The summed E-state index contributed by atoms with van der Waals surface area (Å²) in [4.78, 5) is 37.7.